The molecular weight excluding hydrogens is 468 g/mol. The molecule has 2 heterocycles. The molecule has 1 unspecified atom stereocenters. The summed E-state index contributed by atoms with van der Waals surface area (Å²) in [6.45, 7) is 12.5. The number of methoxy groups -OCH3 is 1. The zero-order chi connectivity index (χ0) is 26.5. The second-order valence-corrected chi connectivity index (χ2v) is 9.89. The number of carbonyl (C=O) groups is 1. The van der Waals surface area contributed by atoms with E-state index in [9.17, 15) is 9.59 Å². The van der Waals surface area contributed by atoms with E-state index in [0.717, 1.165) is 38.0 Å². The first-order valence-electron chi connectivity index (χ1n) is 13.3. The van der Waals surface area contributed by atoms with E-state index in [-0.39, 0.29) is 17.1 Å². The number of para-hydroxylation sites is 1. The van der Waals surface area contributed by atoms with Crippen molar-refractivity contribution in [3.05, 3.63) is 69.6 Å². The summed E-state index contributed by atoms with van der Waals surface area (Å²) in [5, 5.41) is 0.477. The molecule has 0 bridgehead atoms. The van der Waals surface area contributed by atoms with Crippen LogP contribution in [-0.4, -0.2) is 55.6 Å². The Morgan fingerprint density at radius 3 is 2.51 bits per heavy atom. The van der Waals surface area contributed by atoms with Crippen LogP contribution in [0.25, 0.3) is 11.0 Å². The number of nitrogens with zero attached hydrogens (tertiary/aromatic N) is 2. The van der Waals surface area contributed by atoms with Crippen LogP contribution in [0.3, 0.4) is 0 Å². The molecule has 0 aliphatic carbocycles. The van der Waals surface area contributed by atoms with Crippen molar-refractivity contribution in [1.29, 1.82) is 0 Å². The molecule has 198 valence electrons. The lowest BCUT2D eigenvalue weighted by Crippen LogP contribution is -2.33. The molecule has 1 aliphatic rings. The average Bonchev–Trinajstić information content (AvgIpc) is 3.18. The molecule has 0 saturated heterocycles. The minimum absolute atomic E-state index is 0.132. The Hall–Kier alpha value is -3.32. The van der Waals surface area contributed by atoms with Crippen molar-refractivity contribution in [1.82, 2.24) is 9.80 Å². The number of amides is 1. The van der Waals surface area contributed by atoms with Gasteiger partial charge in [0.25, 0.3) is 5.91 Å². The third-order valence-electron chi connectivity index (χ3n) is 7.10. The van der Waals surface area contributed by atoms with Crippen LogP contribution < -0.4 is 14.9 Å². The maximum Gasteiger partial charge on any atom is 0.290 e. The third-order valence-corrected chi connectivity index (χ3v) is 7.10. The number of ether oxygens (including phenoxy) is 2. The Labute approximate surface area is 219 Å². The molecule has 0 fully saturated rings. The van der Waals surface area contributed by atoms with Gasteiger partial charge in [-0.25, -0.2) is 0 Å². The molecule has 1 aromatic heterocycles. The smallest absolute Gasteiger partial charge is 0.290 e. The van der Waals surface area contributed by atoms with Gasteiger partial charge >= 0.3 is 0 Å². The first-order valence-corrected chi connectivity index (χ1v) is 13.3. The molecule has 0 N–H and O–H groups in total. The van der Waals surface area contributed by atoms with Crippen LogP contribution >= 0.6 is 0 Å². The fraction of sp³-hybridized carbons (Fsp3) is 0.467. The molecule has 3 aromatic rings. The van der Waals surface area contributed by atoms with E-state index in [2.05, 4.69) is 32.6 Å². The highest BCUT2D eigenvalue weighted by Crippen LogP contribution is 2.41. The summed E-state index contributed by atoms with van der Waals surface area (Å²) in [6, 6.07) is 12.2. The number of rotatable bonds is 12. The molecule has 0 radical (unpaired) electrons. The maximum atomic E-state index is 13.7. The van der Waals surface area contributed by atoms with Gasteiger partial charge in [0.15, 0.2) is 16.9 Å². The molecule has 4 rings (SSSR count). The maximum absolute atomic E-state index is 13.7. The largest absolute Gasteiger partial charge is 0.493 e. The van der Waals surface area contributed by atoms with Crippen molar-refractivity contribution in [3.63, 3.8) is 0 Å². The normalized spacial score (nSPS) is 15.2. The summed E-state index contributed by atoms with van der Waals surface area (Å²) in [4.78, 5) is 31.4. The Morgan fingerprint density at radius 2 is 1.81 bits per heavy atom. The summed E-state index contributed by atoms with van der Waals surface area (Å²) in [7, 11) is 1.60. The highest BCUT2D eigenvalue weighted by molar-refractivity contribution is 5.99. The fourth-order valence-electron chi connectivity index (χ4n) is 4.93. The van der Waals surface area contributed by atoms with Gasteiger partial charge in [0.05, 0.1) is 30.7 Å². The van der Waals surface area contributed by atoms with Gasteiger partial charge in [0.1, 0.15) is 5.58 Å². The summed E-state index contributed by atoms with van der Waals surface area (Å²) in [6.07, 6.45) is 1.73. The Balaban J connectivity index is 1.74. The minimum Gasteiger partial charge on any atom is -0.493 e. The molecule has 7 nitrogen and oxygen atoms in total. The molecule has 7 heteroatoms. The molecule has 2 aromatic carbocycles. The number of hydrogen-bond acceptors (Lipinski definition) is 6. The molecule has 37 heavy (non-hydrogen) atoms. The van der Waals surface area contributed by atoms with Crippen molar-refractivity contribution in [2.45, 2.75) is 46.6 Å². The van der Waals surface area contributed by atoms with Crippen LogP contribution in [0, 0.1) is 5.92 Å². The van der Waals surface area contributed by atoms with Gasteiger partial charge in [-0.15, -0.1) is 0 Å². The third kappa shape index (κ3) is 5.52. The van der Waals surface area contributed by atoms with Gasteiger partial charge in [-0.05, 0) is 68.2 Å². The number of carbonyl (C=O) groups excluding carboxylic acids is 1. The summed E-state index contributed by atoms with van der Waals surface area (Å²) in [5.74, 6) is 1.64. The van der Waals surface area contributed by atoms with Crippen LogP contribution in [-0.2, 0) is 0 Å². The second-order valence-electron chi connectivity index (χ2n) is 9.89. The van der Waals surface area contributed by atoms with E-state index in [0.29, 0.717) is 47.1 Å². The lowest BCUT2D eigenvalue weighted by molar-refractivity contribution is 0.0720. The van der Waals surface area contributed by atoms with Gasteiger partial charge in [-0.3, -0.25) is 9.59 Å². The summed E-state index contributed by atoms with van der Waals surface area (Å²) >= 11 is 0. The quantitative estimate of drug-likeness (QED) is 0.323. The van der Waals surface area contributed by atoms with Gasteiger partial charge in [0, 0.05) is 6.54 Å². The van der Waals surface area contributed by atoms with Crippen LogP contribution in [0.2, 0.25) is 0 Å². The molecule has 0 spiro atoms. The van der Waals surface area contributed by atoms with Crippen molar-refractivity contribution in [2.75, 3.05) is 39.9 Å². The van der Waals surface area contributed by atoms with Crippen LogP contribution in [0.1, 0.15) is 68.3 Å². The highest BCUT2D eigenvalue weighted by Gasteiger charge is 2.42. The Kier molecular flexibility index (Phi) is 8.54. The van der Waals surface area contributed by atoms with Crippen molar-refractivity contribution >= 4 is 16.9 Å². The Morgan fingerprint density at radius 1 is 1.05 bits per heavy atom. The van der Waals surface area contributed by atoms with E-state index in [1.165, 1.54) is 0 Å². The van der Waals surface area contributed by atoms with E-state index < -0.39 is 6.04 Å². The topological polar surface area (TPSA) is 72.2 Å². The number of benzene rings is 2. The zero-order valence-corrected chi connectivity index (χ0v) is 22.6. The second kappa shape index (κ2) is 11.8. The standard InChI is InChI=1S/C30H38N2O5/c1-6-31(7-2)16-10-17-32-27(21-13-14-24(25(19-21)35-5)36-18-15-20(3)4)26-28(33)22-11-8-9-12-23(22)37-29(26)30(32)34/h8-9,11-14,19-20,27H,6-7,10,15-18H2,1-5H3. The molecule has 1 aliphatic heterocycles. The lowest BCUT2D eigenvalue weighted by Gasteiger charge is -2.27. The molecule has 1 amide bonds. The number of fused-ring (bicyclic) bond motifs is 2. The number of hydrogen-bond donors (Lipinski definition) is 0. The van der Waals surface area contributed by atoms with Crippen LogP contribution in [0.4, 0.5) is 0 Å². The predicted octanol–water partition coefficient (Wildman–Crippen LogP) is 5.50. The van der Waals surface area contributed by atoms with Crippen molar-refractivity contribution in [3.8, 4) is 11.5 Å². The average molecular weight is 507 g/mol. The van der Waals surface area contributed by atoms with E-state index in [1.807, 2.05) is 24.3 Å². The van der Waals surface area contributed by atoms with Crippen LogP contribution in [0.5, 0.6) is 11.5 Å². The van der Waals surface area contributed by atoms with E-state index >= 15 is 0 Å². The van der Waals surface area contributed by atoms with E-state index in [4.69, 9.17) is 13.9 Å². The minimum atomic E-state index is -0.557. The van der Waals surface area contributed by atoms with E-state index in [1.54, 1.807) is 30.2 Å². The molecule has 1 atom stereocenters. The molecule has 0 saturated carbocycles. The van der Waals surface area contributed by atoms with Crippen molar-refractivity contribution < 1.29 is 18.7 Å². The van der Waals surface area contributed by atoms with Gasteiger partial charge in [-0.2, -0.15) is 0 Å². The fourth-order valence-corrected chi connectivity index (χ4v) is 4.93. The van der Waals surface area contributed by atoms with Crippen molar-refractivity contribution in [2.24, 2.45) is 5.92 Å². The monoisotopic (exact) mass is 506 g/mol. The predicted molar refractivity (Wildman–Crippen MR) is 146 cm³/mol. The van der Waals surface area contributed by atoms with Gasteiger partial charge in [0.2, 0.25) is 5.76 Å². The molecular formula is C30H38N2O5. The highest BCUT2D eigenvalue weighted by atomic mass is 16.5. The summed E-state index contributed by atoms with van der Waals surface area (Å²) < 4.78 is 17.7. The Bertz CT molecular complexity index is 1290. The van der Waals surface area contributed by atoms with Gasteiger partial charge in [-0.1, -0.05) is 45.9 Å². The summed E-state index contributed by atoms with van der Waals surface area (Å²) in [5.41, 5.74) is 1.44. The first kappa shape index (κ1) is 26.7. The van der Waals surface area contributed by atoms with Crippen LogP contribution in [0.15, 0.2) is 51.7 Å². The zero-order valence-electron chi connectivity index (χ0n) is 22.6. The first-order chi connectivity index (χ1) is 17.9. The lowest BCUT2D eigenvalue weighted by atomic mass is 9.98. The SMILES string of the molecule is CCN(CC)CCCN1C(=O)c2oc3ccccc3c(=O)c2C1c1ccc(OCCC(C)C)c(OC)c1. The van der Waals surface area contributed by atoms with Gasteiger partial charge < -0.3 is 23.7 Å².